The van der Waals surface area contributed by atoms with Crippen LogP contribution in [-0.2, 0) is 14.3 Å². The second-order valence-corrected chi connectivity index (χ2v) is 5.41. The summed E-state index contributed by atoms with van der Waals surface area (Å²) < 4.78 is 10.4. The lowest BCUT2D eigenvalue weighted by molar-refractivity contribution is -0.146. The van der Waals surface area contributed by atoms with Crippen molar-refractivity contribution < 1.29 is 14.3 Å². The molecule has 0 aromatic carbocycles. The maximum absolute atomic E-state index is 11.3. The molecule has 1 aliphatic carbocycles. The Bertz CT molecular complexity index is 262. The Kier molecular flexibility index (Phi) is 5.45. The Morgan fingerprint density at radius 1 is 1.28 bits per heavy atom. The molecule has 2 rings (SSSR count). The Morgan fingerprint density at radius 2 is 2.00 bits per heavy atom. The molecule has 2 aliphatic rings. The third-order valence-electron chi connectivity index (χ3n) is 4.13. The number of rotatable bonds is 3. The molecule has 104 valence electrons. The molecule has 0 aromatic heterocycles. The minimum atomic E-state index is -0.164. The van der Waals surface area contributed by atoms with Gasteiger partial charge in [-0.25, -0.2) is 0 Å². The first-order chi connectivity index (χ1) is 8.79. The number of carbonyl (C=O) groups is 1. The summed E-state index contributed by atoms with van der Waals surface area (Å²) in [6.45, 7) is 2.65. The second kappa shape index (κ2) is 7.10. The van der Waals surface area contributed by atoms with Crippen LogP contribution in [-0.4, -0.2) is 49.8 Å². The molecule has 0 aromatic rings. The van der Waals surface area contributed by atoms with Crippen molar-refractivity contribution in [3.63, 3.8) is 0 Å². The molecule has 1 unspecified atom stereocenters. The van der Waals surface area contributed by atoms with Crippen LogP contribution in [0.25, 0.3) is 0 Å². The Hall–Kier alpha value is -0.610. The summed E-state index contributed by atoms with van der Waals surface area (Å²) in [4.78, 5) is 13.8. The van der Waals surface area contributed by atoms with Crippen LogP contribution < -0.4 is 0 Å². The van der Waals surface area contributed by atoms with Crippen molar-refractivity contribution >= 4 is 5.97 Å². The molecule has 4 nitrogen and oxygen atoms in total. The molecular formula is C14H25NO3. The molecule has 1 aliphatic heterocycles. The molecule has 0 radical (unpaired) electrons. The van der Waals surface area contributed by atoms with Crippen LogP contribution in [0.1, 0.15) is 44.9 Å². The van der Waals surface area contributed by atoms with Crippen molar-refractivity contribution in [1.29, 1.82) is 0 Å². The van der Waals surface area contributed by atoms with E-state index in [1.165, 1.54) is 45.6 Å². The summed E-state index contributed by atoms with van der Waals surface area (Å²) >= 11 is 0. The SMILES string of the molecule is COC(=O)CC1CN(C2CCCCCC2)CCO1. The number of esters is 1. The fourth-order valence-corrected chi connectivity index (χ4v) is 3.09. The highest BCUT2D eigenvalue weighted by molar-refractivity contribution is 5.69. The van der Waals surface area contributed by atoms with Crippen molar-refractivity contribution in [3.8, 4) is 0 Å². The maximum Gasteiger partial charge on any atom is 0.308 e. The molecule has 1 heterocycles. The predicted octanol–water partition coefficient (Wildman–Crippen LogP) is 1.97. The number of carbonyl (C=O) groups excluding carboxylic acids is 1. The average Bonchev–Trinajstić information content (AvgIpc) is 2.68. The van der Waals surface area contributed by atoms with Crippen LogP contribution in [0.5, 0.6) is 0 Å². The van der Waals surface area contributed by atoms with Gasteiger partial charge in [-0.3, -0.25) is 9.69 Å². The van der Waals surface area contributed by atoms with E-state index in [2.05, 4.69) is 4.90 Å². The topological polar surface area (TPSA) is 38.8 Å². The van der Waals surface area contributed by atoms with E-state index in [1.54, 1.807) is 0 Å². The number of morpholine rings is 1. The first-order valence-corrected chi connectivity index (χ1v) is 7.22. The average molecular weight is 255 g/mol. The van der Waals surface area contributed by atoms with Crippen molar-refractivity contribution in [2.75, 3.05) is 26.8 Å². The van der Waals surface area contributed by atoms with Gasteiger partial charge in [0, 0.05) is 19.1 Å². The van der Waals surface area contributed by atoms with Gasteiger partial charge in [-0.05, 0) is 12.8 Å². The largest absolute Gasteiger partial charge is 0.469 e. The third kappa shape index (κ3) is 3.95. The smallest absolute Gasteiger partial charge is 0.308 e. The molecule has 18 heavy (non-hydrogen) atoms. The lowest BCUT2D eigenvalue weighted by Gasteiger charge is -2.37. The third-order valence-corrected chi connectivity index (χ3v) is 4.13. The zero-order valence-corrected chi connectivity index (χ0v) is 11.4. The van der Waals surface area contributed by atoms with Gasteiger partial charge in [-0.1, -0.05) is 25.7 Å². The minimum Gasteiger partial charge on any atom is -0.469 e. The minimum absolute atomic E-state index is 0.0226. The van der Waals surface area contributed by atoms with Crippen molar-refractivity contribution in [3.05, 3.63) is 0 Å². The van der Waals surface area contributed by atoms with Gasteiger partial charge in [-0.15, -0.1) is 0 Å². The lowest BCUT2D eigenvalue weighted by Crippen LogP contribution is -2.48. The number of hydrogen-bond acceptors (Lipinski definition) is 4. The van der Waals surface area contributed by atoms with Crippen LogP contribution in [0.3, 0.4) is 0 Å². The fraction of sp³-hybridized carbons (Fsp3) is 0.929. The number of methoxy groups -OCH3 is 1. The van der Waals surface area contributed by atoms with Gasteiger partial charge in [0.1, 0.15) is 0 Å². The highest BCUT2D eigenvalue weighted by Crippen LogP contribution is 2.24. The van der Waals surface area contributed by atoms with Crippen LogP contribution in [0.2, 0.25) is 0 Å². The van der Waals surface area contributed by atoms with Crippen molar-refractivity contribution in [1.82, 2.24) is 4.90 Å². The Morgan fingerprint density at radius 3 is 2.67 bits per heavy atom. The molecule has 4 heteroatoms. The van der Waals surface area contributed by atoms with Crippen LogP contribution in [0, 0.1) is 0 Å². The van der Waals surface area contributed by atoms with E-state index in [9.17, 15) is 4.79 Å². The van der Waals surface area contributed by atoms with E-state index in [1.807, 2.05) is 0 Å². The monoisotopic (exact) mass is 255 g/mol. The molecule has 2 fully saturated rings. The first-order valence-electron chi connectivity index (χ1n) is 7.22. The van der Waals surface area contributed by atoms with Gasteiger partial charge in [0.15, 0.2) is 0 Å². The summed E-state index contributed by atoms with van der Waals surface area (Å²) in [7, 11) is 1.44. The summed E-state index contributed by atoms with van der Waals surface area (Å²) in [6.07, 6.45) is 8.50. The lowest BCUT2D eigenvalue weighted by atomic mass is 10.1. The summed E-state index contributed by atoms with van der Waals surface area (Å²) in [5, 5.41) is 0. The van der Waals surface area contributed by atoms with Gasteiger partial charge in [0.2, 0.25) is 0 Å². The second-order valence-electron chi connectivity index (χ2n) is 5.41. The molecule has 0 amide bonds. The van der Waals surface area contributed by atoms with E-state index in [0.29, 0.717) is 12.5 Å². The van der Waals surface area contributed by atoms with Gasteiger partial charge in [0.25, 0.3) is 0 Å². The molecule has 0 bridgehead atoms. The Labute approximate surface area is 110 Å². The summed E-state index contributed by atoms with van der Waals surface area (Å²) in [5.41, 5.74) is 0. The van der Waals surface area contributed by atoms with E-state index in [-0.39, 0.29) is 12.1 Å². The molecule has 0 N–H and O–H groups in total. The van der Waals surface area contributed by atoms with Gasteiger partial charge >= 0.3 is 5.97 Å². The van der Waals surface area contributed by atoms with E-state index >= 15 is 0 Å². The van der Waals surface area contributed by atoms with E-state index < -0.39 is 0 Å². The zero-order valence-electron chi connectivity index (χ0n) is 11.4. The first kappa shape index (κ1) is 13.8. The quantitative estimate of drug-likeness (QED) is 0.571. The highest BCUT2D eigenvalue weighted by Gasteiger charge is 2.28. The van der Waals surface area contributed by atoms with Crippen molar-refractivity contribution in [2.24, 2.45) is 0 Å². The standard InChI is InChI=1S/C14H25NO3/c1-17-14(16)10-13-11-15(8-9-18-13)12-6-4-2-3-5-7-12/h12-13H,2-11H2,1H3. The van der Waals surface area contributed by atoms with E-state index in [4.69, 9.17) is 9.47 Å². The van der Waals surface area contributed by atoms with Gasteiger partial charge in [0.05, 0.1) is 26.2 Å². The summed E-state index contributed by atoms with van der Waals surface area (Å²) in [5.74, 6) is -0.164. The zero-order chi connectivity index (χ0) is 12.8. The number of ether oxygens (including phenoxy) is 2. The molecule has 1 saturated carbocycles. The van der Waals surface area contributed by atoms with Crippen LogP contribution >= 0.6 is 0 Å². The number of hydrogen-bond donors (Lipinski definition) is 0. The fourth-order valence-electron chi connectivity index (χ4n) is 3.09. The highest BCUT2D eigenvalue weighted by atomic mass is 16.5. The Balaban J connectivity index is 1.83. The maximum atomic E-state index is 11.3. The molecule has 0 spiro atoms. The molecule has 1 saturated heterocycles. The number of nitrogens with zero attached hydrogens (tertiary/aromatic N) is 1. The van der Waals surface area contributed by atoms with Crippen LogP contribution in [0.15, 0.2) is 0 Å². The van der Waals surface area contributed by atoms with Gasteiger partial charge < -0.3 is 9.47 Å². The van der Waals surface area contributed by atoms with Gasteiger partial charge in [-0.2, -0.15) is 0 Å². The summed E-state index contributed by atoms with van der Waals surface area (Å²) in [6, 6.07) is 0.705. The van der Waals surface area contributed by atoms with Crippen LogP contribution in [0.4, 0.5) is 0 Å². The normalized spacial score (nSPS) is 27.7. The molecule has 1 atom stereocenters. The predicted molar refractivity (Wildman–Crippen MR) is 69.4 cm³/mol. The van der Waals surface area contributed by atoms with E-state index in [0.717, 1.165) is 19.7 Å². The van der Waals surface area contributed by atoms with Crippen molar-refractivity contribution in [2.45, 2.75) is 57.1 Å². The molecular weight excluding hydrogens is 230 g/mol.